The van der Waals surface area contributed by atoms with Gasteiger partial charge < -0.3 is 9.47 Å². The van der Waals surface area contributed by atoms with Gasteiger partial charge in [-0.05, 0) is 42.7 Å². The number of aryl methyl sites for hydroxylation is 1. The number of carbonyl (C=O) groups is 2. The molecule has 0 bridgehead atoms. The highest BCUT2D eigenvalue weighted by Gasteiger charge is 2.27. The third-order valence-corrected chi connectivity index (χ3v) is 4.72. The molecule has 142 valence electrons. The molecule has 0 fully saturated rings. The Morgan fingerprint density at radius 2 is 1.81 bits per heavy atom. The summed E-state index contributed by atoms with van der Waals surface area (Å²) in [6.07, 6.45) is 0.715. The van der Waals surface area contributed by atoms with Gasteiger partial charge in [-0.15, -0.1) is 0 Å². The molecule has 6 nitrogen and oxygen atoms in total. The zero-order valence-corrected chi connectivity index (χ0v) is 15.8. The smallest absolute Gasteiger partial charge is 0.283 e. The highest BCUT2D eigenvalue weighted by molar-refractivity contribution is 6.42. The first-order chi connectivity index (χ1) is 13.0. The Kier molecular flexibility index (Phi) is 6.42. The van der Waals surface area contributed by atoms with Crippen LogP contribution in [0.15, 0.2) is 42.5 Å². The van der Waals surface area contributed by atoms with Crippen LogP contribution >= 0.6 is 23.2 Å². The lowest BCUT2D eigenvalue weighted by Crippen LogP contribution is -2.50. The number of hydrazine groups is 1. The molecule has 1 aliphatic rings. The van der Waals surface area contributed by atoms with Crippen LogP contribution in [0.25, 0.3) is 0 Å². The minimum Gasteiger partial charge on any atom is -0.485 e. The normalized spacial score (nSPS) is 15.1. The first-order valence-corrected chi connectivity index (χ1v) is 9.19. The molecule has 1 aliphatic heterocycles. The van der Waals surface area contributed by atoms with Crippen molar-refractivity contribution in [3.05, 3.63) is 58.1 Å². The number of amides is 2. The van der Waals surface area contributed by atoms with Gasteiger partial charge in [0.05, 0.1) is 10.0 Å². The number of fused-ring (bicyclic) bond motifs is 1. The molecule has 0 aliphatic carbocycles. The van der Waals surface area contributed by atoms with Gasteiger partial charge >= 0.3 is 0 Å². The van der Waals surface area contributed by atoms with E-state index in [1.807, 2.05) is 12.1 Å². The second kappa shape index (κ2) is 8.97. The maximum Gasteiger partial charge on any atom is 0.283 e. The van der Waals surface area contributed by atoms with Gasteiger partial charge in [0.15, 0.2) is 11.5 Å². The molecule has 3 rings (SSSR count). The van der Waals surface area contributed by atoms with Gasteiger partial charge in [-0.2, -0.15) is 0 Å². The van der Waals surface area contributed by atoms with E-state index in [4.69, 9.17) is 32.7 Å². The Morgan fingerprint density at radius 3 is 2.59 bits per heavy atom. The van der Waals surface area contributed by atoms with Gasteiger partial charge in [-0.3, -0.25) is 20.4 Å². The molecule has 27 heavy (non-hydrogen) atoms. The van der Waals surface area contributed by atoms with Crippen LogP contribution in [0.1, 0.15) is 18.4 Å². The predicted octanol–water partition coefficient (Wildman–Crippen LogP) is 3.30. The molecular formula is C19H18Cl2N2O4. The van der Waals surface area contributed by atoms with Gasteiger partial charge in [0.1, 0.15) is 6.61 Å². The van der Waals surface area contributed by atoms with Crippen molar-refractivity contribution < 1.29 is 19.1 Å². The molecule has 2 aromatic carbocycles. The molecule has 0 radical (unpaired) electrons. The van der Waals surface area contributed by atoms with Crippen molar-refractivity contribution in [2.24, 2.45) is 0 Å². The second-order valence-electron chi connectivity index (χ2n) is 6.00. The number of nitrogens with one attached hydrogen (secondary N) is 2. The molecule has 2 aromatic rings. The monoisotopic (exact) mass is 408 g/mol. The van der Waals surface area contributed by atoms with Gasteiger partial charge in [0.2, 0.25) is 12.0 Å². The second-order valence-corrected chi connectivity index (χ2v) is 6.82. The molecule has 0 saturated carbocycles. The molecule has 0 spiro atoms. The summed E-state index contributed by atoms with van der Waals surface area (Å²) in [6, 6.07) is 12.5. The van der Waals surface area contributed by atoms with E-state index in [-0.39, 0.29) is 18.9 Å². The number of rotatable bonds is 5. The number of hydrogen-bond acceptors (Lipinski definition) is 4. The van der Waals surface area contributed by atoms with E-state index < -0.39 is 12.0 Å². The first-order valence-electron chi connectivity index (χ1n) is 8.44. The summed E-state index contributed by atoms with van der Waals surface area (Å²) in [7, 11) is 0. The fourth-order valence-corrected chi connectivity index (χ4v) is 2.89. The SMILES string of the molecule is O=C(CCCc1ccc(Cl)c(Cl)c1)NNC(=O)C1COc2ccccc2O1. The third kappa shape index (κ3) is 5.28. The van der Waals surface area contributed by atoms with Crippen LogP contribution in [0.3, 0.4) is 0 Å². The van der Waals surface area contributed by atoms with Crippen molar-refractivity contribution in [1.29, 1.82) is 0 Å². The van der Waals surface area contributed by atoms with Crippen LogP contribution in [0, 0.1) is 0 Å². The molecule has 0 aromatic heterocycles. The fraction of sp³-hybridized carbons (Fsp3) is 0.263. The number of benzene rings is 2. The van der Waals surface area contributed by atoms with Gasteiger partial charge in [-0.25, -0.2) is 0 Å². The minimum atomic E-state index is -0.823. The quantitative estimate of drug-likeness (QED) is 0.744. The van der Waals surface area contributed by atoms with Crippen molar-refractivity contribution >= 4 is 35.0 Å². The largest absolute Gasteiger partial charge is 0.485 e. The van der Waals surface area contributed by atoms with E-state index in [0.717, 1.165) is 5.56 Å². The number of halogens is 2. The van der Waals surface area contributed by atoms with Crippen molar-refractivity contribution in [2.45, 2.75) is 25.4 Å². The predicted molar refractivity (Wildman–Crippen MR) is 102 cm³/mol. The Bertz CT molecular complexity index is 844. The number of hydrogen-bond donors (Lipinski definition) is 2. The van der Waals surface area contributed by atoms with Crippen LogP contribution in [-0.4, -0.2) is 24.5 Å². The van der Waals surface area contributed by atoms with Crippen molar-refractivity contribution in [3.63, 3.8) is 0 Å². The highest BCUT2D eigenvalue weighted by Crippen LogP contribution is 2.30. The van der Waals surface area contributed by atoms with Crippen molar-refractivity contribution in [3.8, 4) is 11.5 Å². The molecule has 2 N–H and O–H groups in total. The summed E-state index contributed by atoms with van der Waals surface area (Å²) < 4.78 is 11.1. The maximum absolute atomic E-state index is 12.1. The molecule has 8 heteroatoms. The number of para-hydroxylation sites is 2. The molecular weight excluding hydrogens is 391 g/mol. The summed E-state index contributed by atoms with van der Waals surface area (Å²) in [5.41, 5.74) is 5.75. The summed E-state index contributed by atoms with van der Waals surface area (Å²) in [4.78, 5) is 24.0. The Balaban J connectivity index is 1.39. The van der Waals surface area contributed by atoms with Crippen LogP contribution < -0.4 is 20.3 Å². The first kappa shape index (κ1) is 19.3. The summed E-state index contributed by atoms with van der Waals surface area (Å²) in [5, 5.41) is 0.986. The Morgan fingerprint density at radius 1 is 1.04 bits per heavy atom. The summed E-state index contributed by atoms with van der Waals surface area (Å²) >= 11 is 11.8. The lowest BCUT2D eigenvalue weighted by molar-refractivity contribution is -0.135. The third-order valence-electron chi connectivity index (χ3n) is 3.98. The molecule has 2 amide bonds. The zero-order chi connectivity index (χ0) is 19.2. The Labute approximate surface area is 166 Å². The van der Waals surface area contributed by atoms with Gasteiger partial charge in [0, 0.05) is 6.42 Å². The van der Waals surface area contributed by atoms with Gasteiger partial charge in [-0.1, -0.05) is 41.4 Å². The van der Waals surface area contributed by atoms with Crippen molar-refractivity contribution in [1.82, 2.24) is 10.9 Å². The standard InChI is InChI=1S/C19H18Cl2N2O4/c20-13-9-8-12(10-14(13)21)4-3-7-18(24)22-23-19(25)17-11-26-15-5-1-2-6-16(15)27-17/h1-2,5-6,8-10,17H,3-4,7,11H2,(H,22,24)(H,23,25). The molecule has 1 heterocycles. The van der Waals surface area contributed by atoms with Crippen LogP contribution in [0.4, 0.5) is 0 Å². The van der Waals surface area contributed by atoms with E-state index in [1.54, 1.807) is 30.3 Å². The summed E-state index contributed by atoms with van der Waals surface area (Å²) in [6.45, 7) is 0.0794. The highest BCUT2D eigenvalue weighted by atomic mass is 35.5. The van der Waals surface area contributed by atoms with Crippen LogP contribution in [0.2, 0.25) is 10.0 Å². The van der Waals surface area contributed by atoms with Gasteiger partial charge in [0.25, 0.3) is 5.91 Å². The van der Waals surface area contributed by atoms with E-state index in [0.29, 0.717) is 34.4 Å². The topological polar surface area (TPSA) is 76.7 Å². The molecule has 1 unspecified atom stereocenters. The Hall–Kier alpha value is -2.44. The minimum absolute atomic E-state index is 0.0794. The number of ether oxygens (including phenoxy) is 2. The lowest BCUT2D eigenvalue weighted by atomic mass is 10.1. The van der Waals surface area contributed by atoms with Crippen molar-refractivity contribution in [2.75, 3.05) is 6.61 Å². The fourth-order valence-electron chi connectivity index (χ4n) is 2.57. The van der Waals surface area contributed by atoms with E-state index in [2.05, 4.69) is 10.9 Å². The average molecular weight is 409 g/mol. The van der Waals surface area contributed by atoms with Crippen LogP contribution in [0.5, 0.6) is 11.5 Å². The average Bonchev–Trinajstić information content (AvgIpc) is 2.68. The maximum atomic E-state index is 12.1. The van der Waals surface area contributed by atoms with Crippen LogP contribution in [-0.2, 0) is 16.0 Å². The van der Waals surface area contributed by atoms with E-state index >= 15 is 0 Å². The molecule has 0 saturated heterocycles. The zero-order valence-electron chi connectivity index (χ0n) is 14.3. The number of carbonyl (C=O) groups excluding carboxylic acids is 2. The van der Waals surface area contributed by atoms with E-state index in [9.17, 15) is 9.59 Å². The molecule has 1 atom stereocenters. The summed E-state index contributed by atoms with van der Waals surface area (Å²) in [5.74, 6) is 0.326. The lowest BCUT2D eigenvalue weighted by Gasteiger charge is -2.25. The van der Waals surface area contributed by atoms with E-state index in [1.165, 1.54) is 0 Å².